The van der Waals surface area contributed by atoms with Crippen LogP contribution >= 0.6 is 22.9 Å². The Balaban J connectivity index is 1.03. The number of pyridine rings is 1. The van der Waals surface area contributed by atoms with Crippen molar-refractivity contribution in [2.24, 2.45) is 0 Å². The number of carboxylic acids is 1. The van der Waals surface area contributed by atoms with Gasteiger partial charge in [0.15, 0.2) is 0 Å². The van der Waals surface area contributed by atoms with Gasteiger partial charge in [-0.15, -0.1) is 11.3 Å². The maximum Gasteiger partial charge on any atom is 0.335 e. The maximum atomic E-state index is 11.6. The van der Waals surface area contributed by atoms with Gasteiger partial charge in [-0.05, 0) is 60.9 Å². The van der Waals surface area contributed by atoms with E-state index in [1.807, 2.05) is 36.4 Å². The number of thiazole rings is 1. The Morgan fingerprint density at radius 3 is 2.79 bits per heavy atom. The molecule has 0 saturated carbocycles. The predicted molar refractivity (Wildman–Crippen MR) is 162 cm³/mol. The van der Waals surface area contributed by atoms with Crippen molar-refractivity contribution < 1.29 is 19.4 Å². The van der Waals surface area contributed by atoms with Gasteiger partial charge >= 0.3 is 5.97 Å². The van der Waals surface area contributed by atoms with Crippen LogP contribution in [0.15, 0.2) is 60.7 Å². The van der Waals surface area contributed by atoms with Crippen LogP contribution < -0.4 is 4.74 Å². The highest BCUT2D eigenvalue weighted by Gasteiger charge is 2.24. The molecule has 2 aliphatic rings. The molecule has 214 valence electrons. The fourth-order valence-corrected chi connectivity index (χ4v) is 6.52. The number of imidazole rings is 1. The number of aromatic nitrogens is 4. The van der Waals surface area contributed by atoms with Gasteiger partial charge in [0.2, 0.25) is 5.88 Å². The zero-order valence-electron chi connectivity index (χ0n) is 22.7. The molecule has 5 aromatic rings. The van der Waals surface area contributed by atoms with Crippen LogP contribution in [0.1, 0.15) is 39.7 Å². The third-order valence-corrected chi connectivity index (χ3v) is 8.93. The number of benzene rings is 2. The van der Waals surface area contributed by atoms with E-state index in [0.29, 0.717) is 30.6 Å². The summed E-state index contributed by atoms with van der Waals surface area (Å²) in [7, 11) is 0. The molecule has 0 unspecified atom stereocenters. The molecular formula is C31H28ClN5O4S. The molecule has 0 spiro atoms. The number of hydrogen-bond donors (Lipinski definition) is 1. The van der Waals surface area contributed by atoms with Crippen molar-refractivity contribution in [3.05, 3.63) is 87.8 Å². The summed E-state index contributed by atoms with van der Waals surface area (Å²) in [6.45, 7) is 4.07. The van der Waals surface area contributed by atoms with Crippen molar-refractivity contribution in [1.29, 1.82) is 0 Å². The number of carbonyl (C=O) groups is 1. The Hall–Kier alpha value is -3.83. The molecule has 2 aliphatic heterocycles. The zero-order valence-corrected chi connectivity index (χ0v) is 24.3. The van der Waals surface area contributed by atoms with E-state index in [1.54, 1.807) is 29.5 Å². The van der Waals surface area contributed by atoms with Crippen molar-refractivity contribution >= 4 is 55.7 Å². The molecule has 0 bridgehead atoms. The standard InChI is InChI=1S/C31H28ClN5O4S/c32-21-5-7-25-27(15-21)42-30(35-25)18-41-29-3-1-2-23(34-29)19-8-11-36(12-9-19)17-28-33-24-6-4-20(31(38)39)14-26(24)37(28)16-22-10-13-40-22/h1-8,14-15,22H,9-13,16-18H2,(H,38,39)/t22-/m0/s1. The summed E-state index contributed by atoms with van der Waals surface area (Å²) in [6.07, 6.45) is 4.21. The molecule has 1 N–H and O–H groups in total. The smallest absolute Gasteiger partial charge is 0.335 e. The van der Waals surface area contributed by atoms with Gasteiger partial charge in [0.25, 0.3) is 0 Å². The molecule has 42 heavy (non-hydrogen) atoms. The summed E-state index contributed by atoms with van der Waals surface area (Å²) in [5.41, 5.74) is 4.92. The summed E-state index contributed by atoms with van der Waals surface area (Å²) < 4.78 is 14.9. The fraction of sp³-hybridized carbons (Fsp3) is 0.290. The van der Waals surface area contributed by atoms with E-state index in [2.05, 4.69) is 20.5 Å². The lowest BCUT2D eigenvalue weighted by Crippen LogP contribution is -2.33. The van der Waals surface area contributed by atoms with Gasteiger partial charge in [-0.1, -0.05) is 23.7 Å². The van der Waals surface area contributed by atoms with E-state index < -0.39 is 5.97 Å². The first-order valence-corrected chi connectivity index (χ1v) is 15.1. The molecular weight excluding hydrogens is 574 g/mol. The summed E-state index contributed by atoms with van der Waals surface area (Å²) >= 11 is 7.68. The largest absolute Gasteiger partial charge is 0.478 e. The lowest BCUT2D eigenvalue weighted by atomic mass is 10.0. The number of halogens is 1. The fourth-order valence-electron chi connectivity index (χ4n) is 5.37. The number of aromatic carboxylic acids is 1. The minimum absolute atomic E-state index is 0.135. The van der Waals surface area contributed by atoms with Gasteiger partial charge in [0, 0.05) is 30.8 Å². The highest BCUT2D eigenvalue weighted by atomic mass is 35.5. The molecule has 0 aliphatic carbocycles. The van der Waals surface area contributed by atoms with Gasteiger partial charge in [0.05, 0.1) is 51.7 Å². The molecule has 0 radical (unpaired) electrons. The molecule has 5 heterocycles. The Bertz CT molecular complexity index is 1830. The molecule has 9 nitrogen and oxygen atoms in total. The van der Waals surface area contributed by atoms with Gasteiger partial charge in [-0.25, -0.2) is 19.7 Å². The van der Waals surface area contributed by atoms with E-state index in [-0.39, 0.29) is 11.7 Å². The summed E-state index contributed by atoms with van der Waals surface area (Å²) in [5.74, 6) is 0.552. The van der Waals surface area contributed by atoms with Crippen LogP contribution in [0.4, 0.5) is 0 Å². The van der Waals surface area contributed by atoms with Crippen LogP contribution in [0, 0.1) is 0 Å². The SMILES string of the molecule is O=C(O)c1ccc2nc(CN3CC=C(c4cccc(OCc5nc6ccc(Cl)cc6s5)n4)CC3)n(C[C@@H]3CCO3)c2c1. The van der Waals surface area contributed by atoms with Crippen LogP contribution in [0.5, 0.6) is 5.88 Å². The van der Waals surface area contributed by atoms with Crippen LogP contribution in [-0.2, 0) is 24.4 Å². The Labute approximate surface area is 251 Å². The lowest BCUT2D eigenvalue weighted by molar-refractivity contribution is -0.0591. The molecule has 1 saturated heterocycles. The molecule has 2 aromatic carbocycles. The zero-order chi connectivity index (χ0) is 28.6. The summed E-state index contributed by atoms with van der Waals surface area (Å²) in [5, 5.41) is 11.1. The molecule has 0 amide bonds. The maximum absolute atomic E-state index is 11.6. The average Bonchev–Trinajstić information content (AvgIpc) is 3.53. The minimum atomic E-state index is -0.940. The van der Waals surface area contributed by atoms with E-state index in [4.69, 9.17) is 31.0 Å². The molecule has 3 aromatic heterocycles. The third kappa shape index (κ3) is 5.63. The first-order chi connectivity index (χ1) is 20.5. The van der Waals surface area contributed by atoms with Gasteiger partial charge < -0.3 is 19.1 Å². The van der Waals surface area contributed by atoms with Crippen molar-refractivity contribution in [1.82, 2.24) is 24.4 Å². The van der Waals surface area contributed by atoms with Crippen molar-refractivity contribution in [2.45, 2.75) is 38.6 Å². The lowest BCUT2D eigenvalue weighted by Gasteiger charge is -2.29. The first-order valence-electron chi connectivity index (χ1n) is 13.9. The first kappa shape index (κ1) is 27.0. The second-order valence-electron chi connectivity index (χ2n) is 10.5. The van der Waals surface area contributed by atoms with E-state index in [1.165, 1.54) is 5.57 Å². The topological polar surface area (TPSA) is 103 Å². The number of nitrogens with zero attached hydrogens (tertiary/aromatic N) is 5. The molecule has 1 atom stereocenters. The van der Waals surface area contributed by atoms with Crippen molar-refractivity contribution in [3.8, 4) is 5.88 Å². The number of carboxylic acid groups (broad SMARTS) is 1. The van der Waals surface area contributed by atoms with Gasteiger partial charge in [-0.2, -0.15) is 0 Å². The summed E-state index contributed by atoms with van der Waals surface area (Å²) in [6, 6.07) is 16.7. The van der Waals surface area contributed by atoms with Crippen LogP contribution in [-0.4, -0.2) is 61.3 Å². The molecule has 7 rings (SSSR count). The highest BCUT2D eigenvalue weighted by Crippen LogP contribution is 2.28. The van der Waals surface area contributed by atoms with E-state index >= 15 is 0 Å². The van der Waals surface area contributed by atoms with Crippen LogP contribution in [0.2, 0.25) is 5.02 Å². The Morgan fingerprint density at radius 1 is 1.12 bits per heavy atom. The quantitative estimate of drug-likeness (QED) is 0.218. The van der Waals surface area contributed by atoms with Crippen LogP contribution in [0.25, 0.3) is 26.8 Å². The molecule has 11 heteroatoms. The number of rotatable bonds is 9. The number of fused-ring (bicyclic) bond motifs is 2. The van der Waals surface area contributed by atoms with Crippen LogP contribution in [0.3, 0.4) is 0 Å². The Kier molecular flexibility index (Phi) is 7.37. The number of hydrogen-bond acceptors (Lipinski definition) is 8. The monoisotopic (exact) mass is 601 g/mol. The van der Waals surface area contributed by atoms with E-state index in [9.17, 15) is 9.90 Å². The Morgan fingerprint density at radius 2 is 2.00 bits per heavy atom. The minimum Gasteiger partial charge on any atom is -0.478 e. The van der Waals surface area contributed by atoms with Crippen molar-refractivity contribution in [2.75, 3.05) is 19.7 Å². The van der Waals surface area contributed by atoms with Gasteiger partial charge in [-0.3, -0.25) is 4.90 Å². The van der Waals surface area contributed by atoms with Gasteiger partial charge in [0.1, 0.15) is 17.4 Å². The normalized spacial score (nSPS) is 17.4. The highest BCUT2D eigenvalue weighted by molar-refractivity contribution is 7.18. The second-order valence-corrected chi connectivity index (χ2v) is 12.1. The van der Waals surface area contributed by atoms with Crippen molar-refractivity contribution in [3.63, 3.8) is 0 Å². The molecule has 1 fully saturated rings. The second kappa shape index (κ2) is 11.4. The number of ether oxygens (including phenoxy) is 2. The third-order valence-electron chi connectivity index (χ3n) is 7.70. The summed E-state index contributed by atoms with van der Waals surface area (Å²) in [4.78, 5) is 28.2. The predicted octanol–water partition coefficient (Wildman–Crippen LogP) is 6.05. The van der Waals surface area contributed by atoms with E-state index in [0.717, 1.165) is 70.3 Å². The average molecular weight is 602 g/mol.